The number of ether oxygens (including phenoxy) is 1. The third-order valence-corrected chi connectivity index (χ3v) is 7.60. The number of carbonyl (C=O) groups excluding carboxylic acids is 1. The van der Waals surface area contributed by atoms with Crippen LogP contribution >= 0.6 is 0 Å². The molecule has 3 fully saturated rings. The summed E-state index contributed by atoms with van der Waals surface area (Å²) in [5.74, 6) is 1.85. The molecule has 0 spiro atoms. The van der Waals surface area contributed by atoms with Crippen molar-refractivity contribution in [2.24, 2.45) is 5.92 Å². The molecule has 3 aliphatic rings. The lowest BCUT2D eigenvalue weighted by Crippen LogP contribution is -2.45. The zero-order chi connectivity index (χ0) is 26.0. The van der Waals surface area contributed by atoms with Gasteiger partial charge in [-0.15, -0.1) is 0 Å². The van der Waals surface area contributed by atoms with Crippen LogP contribution in [0.3, 0.4) is 0 Å². The Morgan fingerprint density at radius 3 is 2.53 bits per heavy atom. The lowest BCUT2D eigenvalue weighted by atomic mass is 9.49. The van der Waals surface area contributed by atoms with Crippen molar-refractivity contribution >= 4 is 68.6 Å². The number of carbonyl (C=O) groups is 1. The number of nitrogens with one attached hydrogen (secondary N) is 2. The Morgan fingerprint density at radius 2 is 1.79 bits per heavy atom. The Kier molecular flexibility index (Phi) is 5.44. The van der Waals surface area contributed by atoms with E-state index in [1.165, 1.54) is 0 Å². The van der Waals surface area contributed by atoms with Gasteiger partial charge in [-0.3, -0.25) is 4.79 Å². The number of benzene rings is 1. The van der Waals surface area contributed by atoms with E-state index in [0.717, 1.165) is 77.8 Å². The van der Waals surface area contributed by atoms with E-state index < -0.39 is 0 Å². The van der Waals surface area contributed by atoms with Crippen molar-refractivity contribution in [3.8, 4) is 11.5 Å². The fourth-order valence-electron chi connectivity index (χ4n) is 5.64. The van der Waals surface area contributed by atoms with E-state index in [2.05, 4.69) is 56.2 Å². The molecule has 9 nitrogen and oxygen atoms in total. The van der Waals surface area contributed by atoms with Crippen LogP contribution in [0.1, 0.15) is 25.7 Å². The largest absolute Gasteiger partial charge is 0.436 e. The van der Waals surface area contributed by atoms with E-state index in [1.807, 2.05) is 12.1 Å². The SMILES string of the molecule is BC(B)(B)Nc1ncc(-c2nc3cc(N4C5CCC4COC5)ccc3o2)c2cc(NC(=O)C3CC3)ncc12. The van der Waals surface area contributed by atoms with E-state index in [0.29, 0.717) is 23.8 Å². The molecule has 2 N–H and O–H groups in total. The second-order valence-corrected chi connectivity index (χ2v) is 11.8. The van der Waals surface area contributed by atoms with Gasteiger partial charge in [-0.1, -0.05) is 0 Å². The molecule has 2 saturated heterocycles. The molecule has 2 unspecified atom stereocenters. The zero-order valence-corrected chi connectivity index (χ0v) is 22.0. The molecule has 38 heavy (non-hydrogen) atoms. The van der Waals surface area contributed by atoms with Crippen LogP contribution in [0, 0.1) is 5.92 Å². The minimum Gasteiger partial charge on any atom is -0.436 e. The topological polar surface area (TPSA) is 105 Å². The standard InChI is InChI=1S/C26H29B3N6O3/c27-26(28,29)34-23-18-9-30-22(33-24(36)13-1-2-13)8-17(18)19(10-31-23)25-32-20-7-14(5-6-21(20)38-25)35-15-3-4-16(35)12-37-11-15/h5-10,13,15-16H,1-4,11-12,27-29H2,(H,31,34)(H,30,33,36). The van der Waals surface area contributed by atoms with E-state index in [1.54, 1.807) is 12.4 Å². The maximum absolute atomic E-state index is 12.4. The maximum Gasteiger partial charge on any atom is 0.229 e. The Hall–Kier alpha value is -3.53. The molecule has 1 saturated carbocycles. The highest BCUT2D eigenvalue weighted by atomic mass is 16.5. The minimum absolute atomic E-state index is 0.0203. The van der Waals surface area contributed by atoms with Crippen LogP contribution in [-0.2, 0) is 9.53 Å². The monoisotopic (exact) mass is 506 g/mol. The summed E-state index contributed by atoms with van der Waals surface area (Å²) in [6.07, 6.45) is 7.74. The number of hydrogen-bond donors (Lipinski definition) is 2. The molecule has 2 bridgehead atoms. The third kappa shape index (κ3) is 4.30. The average molecular weight is 506 g/mol. The summed E-state index contributed by atoms with van der Waals surface area (Å²) in [7, 11) is 6.27. The Bertz CT molecular complexity index is 1550. The second kappa shape index (κ2) is 8.76. The number of aromatic nitrogens is 3. The minimum atomic E-state index is -0.187. The van der Waals surface area contributed by atoms with Crippen molar-refractivity contribution < 1.29 is 13.9 Å². The predicted octanol–water partition coefficient (Wildman–Crippen LogP) is 1.08. The maximum atomic E-state index is 12.4. The predicted molar refractivity (Wildman–Crippen MR) is 156 cm³/mol. The highest BCUT2D eigenvalue weighted by molar-refractivity contribution is 6.60. The third-order valence-electron chi connectivity index (χ3n) is 7.60. The summed E-state index contributed by atoms with van der Waals surface area (Å²) in [5.41, 5.74) is 3.46. The summed E-state index contributed by atoms with van der Waals surface area (Å²) < 4.78 is 12.0. The van der Waals surface area contributed by atoms with E-state index in [9.17, 15) is 4.79 Å². The van der Waals surface area contributed by atoms with Gasteiger partial charge >= 0.3 is 0 Å². The molecule has 1 aromatic carbocycles. The van der Waals surface area contributed by atoms with Crippen molar-refractivity contribution in [2.75, 3.05) is 28.7 Å². The van der Waals surface area contributed by atoms with Crippen LogP contribution in [0.2, 0.25) is 0 Å². The number of oxazole rings is 1. The molecule has 190 valence electrons. The molecular weight excluding hydrogens is 477 g/mol. The van der Waals surface area contributed by atoms with Gasteiger partial charge in [-0.2, -0.15) is 0 Å². The molecular formula is C26H29B3N6O3. The fraction of sp³-hybridized carbons (Fsp3) is 0.385. The zero-order valence-electron chi connectivity index (χ0n) is 22.0. The lowest BCUT2D eigenvalue weighted by molar-refractivity contribution is -0.117. The average Bonchev–Trinajstić information content (AvgIpc) is 3.60. The highest BCUT2D eigenvalue weighted by Gasteiger charge is 2.37. The van der Waals surface area contributed by atoms with Crippen molar-refractivity contribution in [1.29, 1.82) is 0 Å². The molecule has 3 aromatic heterocycles. The Labute approximate surface area is 223 Å². The van der Waals surface area contributed by atoms with Crippen molar-refractivity contribution in [3.05, 3.63) is 36.7 Å². The smallest absolute Gasteiger partial charge is 0.229 e. The van der Waals surface area contributed by atoms with E-state index >= 15 is 0 Å². The highest BCUT2D eigenvalue weighted by Crippen LogP contribution is 2.38. The molecule has 1 amide bonds. The molecule has 0 radical (unpaired) electrons. The van der Waals surface area contributed by atoms with Crippen LogP contribution in [-0.4, -0.2) is 74.9 Å². The van der Waals surface area contributed by atoms with Crippen molar-refractivity contribution in [1.82, 2.24) is 15.0 Å². The number of morpholine rings is 1. The number of hydrogen-bond acceptors (Lipinski definition) is 8. The molecule has 2 atom stereocenters. The number of anilines is 3. The van der Waals surface area contributed by atoms with Crippen LogP contribution in [0.25, 0.3) is 33.3 Å². The molecule has 12 heteroatoms. The van der Waals surface area contributed by atoms with Gasteiger partial charge in [0.25, 0.3) is 0 Å². The Balaban J connectivity index is 1.30. The number of fused-ring (bicyclic) bond motifs is 4. The number of amides is 1. The summed E-state index contributed by atoms with van der Waals surface area (Å²) in [6.45, 7) is 1.55. The van der Waals surface area contributed by atoms with Gasteiger partial charge in [0.15, 0.2) is 5.58 Å². The van der Waals surface area contributed by atoms with Gasteiger partial charge in [0.05, 0.1) is 30.9 Å². The lowest BCUT2D eigenvalue weighted by Gasteiger charge is -2.36. The molecule has 1 aliphatic carbocycles. The summed E-state index contributed by atoms with van der Waals surface area (Å²) >= 11 is 0. The quantitative estimate of drug-likeness (QED) is 0.375. The van der Waals surface area contributed by atoms with Crippen LogP contribution in [0.15, 0.2) is 41.1 Å². The Morgan fingerprint density at radius 1 is 1.00 bits per heavy atom. The van der Waals surface area contributed by atoms with Gasteiger partial charge in [0.2, 0.25) is 11.8 Å². The first-order chi connectivity index (χ1) is 18.3. The van der Waals surface area contributed by atoms with Gasteiger partial charge in [0, 0.05) is 34.8 Å². The van der Waals surface area contributed by atoms with E-state index in [-0.39, 0.29) is 17.1 Å². The second-order valence-electron chi connectivity index (χ2n) is 11.8. The van der Waals surface area contributed by atoms with Gasteiger partial charge in [-0.05, 0) is 55.2 Å². The van der Waals surface area contributed by atoms with Crippen LogP contribution < -0.4 is 15.5 Å². The first kappa shape index (κ1) is 23.6. The van der Waals surface area contributed by atoms with Crippen LogP contribution in [0.4, 0.5) is 17.3 Å². The summed E-state index contributed by atoms with van der Waals surface area (Å²) in [4.78, 5) is 29.1. The first-order valence-corrected chi connectivity index (χ1v) is 13.5. The summed E-state index contributed by atoms with van der Waals surface area (Å²) in [5, 5.41) is 7.96. The fourth-order valence-corrected chi connectivity index (χ4v) is 5.64. The first-order valence-electron chi connectivity index (χ1n) is 13.5. The molecule has 4 aromatic rings. The number of rotatable bonds is 6. The molecule has 7 rings (SSSR count). The number of pyridine rings is 2. The summed E-state index contributed by atoms with van der Waals surface area (Å²) in [6, 6.07) is 8.98. The van der Waals surface area contributed by atoms with E-state index in [4.69, 9.17) is 19.1 Å². The van der Waals surface area contributed by atoms with Gasteiger partial charge in [0.1, 0.15) is 40.7 Å². The van der Waals surface area contributed by atoms with Gasteiger partial charge in [-0.25, -0.2) is 15.0 Å². The van der Waals surface area contributed by atoms with Crippen molar-refractivity contribution in [3.63, 3.8) is 0 Å². The normalized spacial score (nSPS) is 21.2. The van der Waals surface area contributed by atoms with Crippen LogP contribution in [0.5, 0.6) is 0 Å². The molecule has 2 aliphatic heterocycles. The number of nitrogens with zero attached hydrogens (tertiary/aromatic N) is 4. The van der Waals surface area contributed by atoms with Gasteiger partial charge < -0.3 is 24.7 Å². The van der Waals surface area contributed by atoms with Crippen molar-refractivity contribution in [2.45, 2.75) is 43.0 Å². The molecule has 5 heterocycles.